The van der Waals surface area contributed by atoms with Gasteiger partial charge in [0.2, 0.25) is 5.88 Å². The Hall–Kier alpha value is -2.35. The summed E-state index contributed by atoms with van der Waals surface area (Å²) in [5.41, 5.74) is 0.924. The standard InChI is InChI=1S/C19H30N4O4/c1-4-20-19(23-10-7-15(8-11-23)18(24)26-3)22-14-16-6-5-9-21-17(16)27-13-12-25-2/h5-6,9,15H,4,7-8,10-14H2,1-3H3,(H,20,22). The summed E-state index contributed by atoms with van der Waals surface area (Å²) >= 11 is 0. The van der Waals surface area contributed by atoms with Gasteiger partial charge in [-0.1, -0.05) is 6.07 Å². The highest BCUT2D eigenvalue weighted by molar-refractivity contribution is 5.80. The third kappa shape index (κ3) is 6.39. The quantitative estimate of drug-likeness (QED) is 0.317. The fourth-order valence-electron chi connectivity index (χ4n) is 2.98. The van der Waals surface area contributed by atoms with Crippen LogP contribution in [-0.2, 0) is 20.8 Å². The van der Waals surface area contributed by atoms with Crippen LogP contribution < -0.4 is 10.1 Å². The Bertz CT molecular complexity index is 615. The summed E-state index contributed by atoms with van der Waals surface area (Å²) in [4.78, 5) is 22.9. The van der Waals surface area contributed by atoms with Crippen molar-refractivity contribution in [3.8, 4) is 5.88 Å². The van der Waals surface area contributed by atoms with Gasteiger partial charge in [0.25, 0.3) is 0 Å². The smallest absolute Gasteiger partial charge is 0.308 e. The van der Waals surface area contributed by atoms with E-state index in [0.29, 0.717) is 25.6 Å². The summed E-state index contributed by atoms with van der Waals surface area (Å²) in [6, 6.07) is 3.84. The van der Waals surface area contributed by atoms with Crippen LogP contribution in [0.5, 0.6) is 5.88 Å². The van der Waals surface area contributed by atoms with Gasteiger partial charge in [-0.3, -0.25) is 4.79 Å². The molecule has 1 aromatic rings. The molecule has 8 heteroatoms. The maximum atomic E-state index is 11.7. The van der Waals surface area contributed by atoms with Gasteiger partial charge in [-0.2, -0.15) is 0 Å². The molecule has 1 aliphatic heterocycles. The van der Waals surface area contributed by atoms with Crippen molar-refractivity contribution in [2.75, 3.05) is 47.1 Å². The molecular weight excluding hydrogens is 348 g/mol. The van der Waals surface area contributed by atoms with Gasteiger partial charge in [-0.25, -0.2) is 9.98 Å². The van der Waals surface area contributed by atoms with Crippen molar-refractivity contribution < 1.29 is 19.0 Å². The molecule has 27 heavy (non-hydrogen) atoms. The maximum absolute atomic E-state index is 11.7. The summed E-state index contributed by atoms with van der Waals surface area (Å²) in [5, 5.41) is 3.33. The molecule has 0 spiro atoms. The highest BCUT2D eigenvalue weighted by Gasteiger charge is 2.27. The van der Waals surface area contributed by atoms with E-state index in [1.165, 1.54) is 7.11 Å². The topological polar surface area (TPSA) is 85.3 Å². The fraction of sp³-hybridized carbons (Fsp3) is 0.632. The molecule has 8 nitrogen and oxygen atoms in total. The van der Waals surface area contributed by atoms with E-state index in [1.54, 1.807) is 13.3 Å². The molecule has 0 amide bonds. The third-order valence-electron chi connectivity index (χ3n) is 4.44. The number of nitrogens with zero attached hydrogens (tertiary/aromatic N) is 3. The van der Waals surface area contributed by atoms with Crippen LogP contribution in [0.4, 0.5) is 0 Å². The minimum absolute atomic E-state index is 0.0202. The molecule has 2 heterocycles. The molecule has 1 N–H and O–H groups in total. The lowest BCUT2D eigenvalue weighted by atomic mass is 9.97. The fourth-order valence-corrected chi connectivity index (χ4v) is 2.98. The van der Waals surface area contributed by atoms with Crippen LogP contribution in [0.3, 0.4) is 0 Å². The normalized spacial score (nSPS) is 15.5. The van der Waals surface area contributed by atoms with Crippen molar-refractivity contribution >= 4 is 11.9 Å². The number of ether oxygens (including phenoxy) is 3. The Morgan fingerprint density at radius 3 is 2.78 bits per heavy atom. The Morgan fingerprint density at radius 2 is 2.11 bits per heavy atom. The van der Waals surface area contributed by atoms with E-state index in [2.05, 4.69) is 15.2 Å². The number of esters is 1. The zero-order valence-corrected chi connectivity index (χ0v) is 16.4. The minimum Gasteiger partial charge on any atom is -0.475 e. The van der Waals surface area contributed by atoms with Gasteiger partial charge in [0, 0.05) is 38.5 Å². The molecule has 0 unspecified atom stereocenters. The van der Waals surface area contributed by atoms with Crippen LogP contribution in [0, 0.1) is 5.92 Å². The number of carbonyl (C=O) groups is 1. The second kappa shape index (κ2) is 11.4. The monoisotopic (exact) mass is 378 g/mol. The number of aliphatic imine (C=N–C) groups is 1. The number of piperidine rings is 1. The lowest BCUT2D eigenvalue weighted by molar-refractivity contribution is -0.146. The molecule has 1 aromatic heterocycles. The number of guanidine groups is 1. The maximum Gasteiger partial charge on any atom is 0.308 e. The summed E-state index contributed by atoms with van der Waals surface area (Å²) < 4.78 is 15.6. The number of hydrogen-bond acceptors (Lipinski definition) is 6. The van der Waals surface area contributed by atoms with E-state index in [1.807, 2.05) is 19.1 Å². The van der Waals surface area contributed by atoms with Crippen LogP contribution in [-0.4, -0.2) is 68.9 Å². The van der Waals surface area contributed by atoms with E-state index in [4.69, 9.17) is 19.2 Å². The largest absolute Gasteiger partial charge is 0.475 e. The predicted octanol–water partition coefficient (Wildman–Crippen LogP) is 1.46. The molecule has 150 valence electrons. The lowest BCUT2D eigenvalue weighted by Crippen LogP contribution is -2.46. The number of pyridine rings is 1. The highest BCUT2D eigenvalue weighted by Crippen LogP contribution is 2.19. The average molecular weight is 378 g/mol. The number of rotatable bonds is 8. The molecule has 1 aliphatic rings. The van der Waals surface area contributed by atoms with Crippen molar-refractivity contribution in [1.82, 2.24) is 15.2 Å². The number of likely N-dealkylation sites (tertiary alicyclic amines) is 1. The molecule has 1 fully saturated rings. The van der Waals surface area contributed by atoms with Crippen LogP contribution in [0.15, 0.2) is 23.3 Å². The molecule has 0 atom stereocenters. The molecule has 0 bridgehead atoms. The average Bonchev–Trinajstić information content (AvgIpc) is 2.71. The van der Waals surface area contributed by atoms with Crippen molar-refractivity contribution in [3.05, 3.63) is 23.9 Å². The van der Waals surface area contributed by atoms with Gasteiger partial charge in [0.1, 0.15) is 6.61 Å². The van der Waals surface area contributed by atoms with Gasteiger partial charge in [-0.05, 0) is 25.8 Å². The Kier molecular flexibility index (Phi) is 8.83. The lowest BCUT2D eigenvalue weighted by Gasteiger charge is -2.33. The zero-order valence-electron chi connectivity index (χ0n) is 16.4. The summed E-state index contributed by atoms with van der Waals surface area (Å²) in [6.45, 7) is 5.80. The van der Waals surface area contributed by atoms with E-state index < -0.39 is 0 Å². The number of methoxy groups -OCH3 is 2. The van der Waals surface area contributed by atoms with Crippen molar-refractivity contribution in [2.24, 2.45) is 10.9 Å². The van der Waals surface area contributed by atoms with Crippen molar-refractivity contribution in [3.63, 3.8) is 0 Å². The molecule has 0 radical (unpaired) electrons. The predicted molar refractivity (Wildman–Crippen MR) is 103 cm³/mol. The molecule has 0 aromatic carbocycles. The highest BCUT2D eigenvalue weighted by atomic mass is 16.5. The molecule has 1 saturated heterocycles. The van der Waals surface area contributed by atoms with E-state index in [9.17, 15) is 4.79 Å². The molecule has 0 saturated carbocycles. The Labute approximate surface area is 160 Å². The van der Waals surface area contributed by atoms with E-state index in [-0.39, 0.29) is 11.9 Å². The summed E-state index contributed by atoms with van der Waals surface area (Å²) in [6.07, 6.45) is 3.25. The number of nitrogens with one attached hydrogen (secondary N) is 1. The molecule has 0 aliphatic carbocycles. The zero-order chi connectivity index (χ0) is 19.5. The third-order valence-corrected chi connectivity index (χ3v) is 4.44. The first-order valence-corrected chi connectivity index (χ1v) is 9.36. The van der Waals surface area contributed by atoms with Gasteiger partial charge in [0.05, 0.1) is 26.2 Å². The first kappa shape index (κ1) is 21.0. The Morgan fingerprint density at radius 1 is 1.33 bits per heavy atom. The van der Waals surface area contributed by atoms with E-state index >= 15 is 0 Å². The summed E-state index contributed by atoms with van der Waals surface area (Å²) in [7, 11) is 3.08. The van der Waals surface area contributed by atoms with Gasteiger partial charge in [0.15, 0.2) is 5.96 Å². The minimum atomic E-state index is -0.121. The van der Waals surface area contributed by atoms with Crippen molar-refractivity contribution in [2.45, 2.75) is 26.3 Å². The second-order valence-electron chi connectivity index (χ2n) is 6.26. The first-order chi connectivity index (χ1) is 13.2. The number of carbonyl (C=O) groups excluding carboxylic acids is 1. The Balaban J connectivity index is 2.01. The number of hydrogen-bond donors (Lipinski definition) is 1. The first-order valence-electron chi connectivity index (χ1n) is 9.36. The van der Waals surface area contributed by atoms with Gasteiger partial charge >= 0.3 is 5.97 Å². The van der Waals surface area contributed by atoms with Crippen LogP contribution in [0.25, 0.3) is 0 Å². The van der Waals surface area contributed by atoms with Gasteiger partial charge < -0.3 is 24.4 Å². The molecular formula is C19H30N4O4. The van der Waals surface area contributed by atoms with Crippen molar-refractivity contribution in [1.29, 1.82) is 0 Å². The van der Waals surface area contributed by atoms with Crippen LogP contribution >= 0.6 is 0 Å². The van der Waals surface area contributed by atoms with Gasteiger partial charge in [-0.15, -0.1) is 0 Å². The number of aromatic nitrogens is 1. The van der Waals surface area contributed by atoms with E-state index in [0.717, 1.165) is 44.0 Å². The SMILES string of the molecule is CCNC(=NCc1cccnc1OCCOC)N1CCC(C(=O)OC)CC1. The van der Waals surface area contributed by atoms with Crippen LogP contribution in [0.1, 0.15) is 25.3 Å². The van der Waals surface area contributed by atoms with Crippen LogP contribution in [0.2, 0.25) is 0 Å². The summed E-state index contributed by atoms with van der Waals surface area (Å²) in [5.74, 6) is 1.28. The molecule has 2 rings (SSSR count). The second-order valence-corrected chi connectivity index (χ2v) is 6.26.